The highest BCUT2D eigenvalue weighted by Crippen LogP contribution is 2.21. The fourth-order valence-electron chi connectivity index (χ4n) is 1.17. The average molecular weight is 305 g/mol. The van der Waals surface area contributed by atoms with Gasteiger partial charge in [-0.1, -0.05) is 6.07 Å². The molecule has 0 heterocycles. The maximum atomic E-state index is 13.1. The molecule has 1 aliphatic carbocycles. The molecule has 4 heteroatoms. The molecule has 0 radical (unpaired) electrons. The Morgan fingerprint density at radius 2 is 2.21 bits per heavy atom. The SMILES string of the molecule is O=C(NC1CC1)c1cccc(F)c1I. The van der Waals surface area contributed by atoms with Crippen molar-refractivity contribution in [1.82, 2.24) is 5.32 Å². The van der Waals surface area contributed by atoms with Crippen LogP contribution >= 0.6 is 22.6 Å². The topological polar surface area (TPSA) is 29.1 Å². The number of halogens is 2. The Morgan fingerprint density at radius 3 is 2.86 bits per heavy atom. The van der Waals surface area contributed by atoms with Crippen molar-refractivity contribution in [3.8, 4) is 0 Å². The Balaban J connectivity index is 2.21. The van der Waals surface area contributed by atoms with E-state index in [-0.39, 0.29) is 11.7 Å². The number of carbonyl (C=O) groups is 1. The van der Waals surface area contributed by atoms with Crippen LogP contribution in [-0.2, 0) is 0 Å². The second-order valence-corrected chi connectivity index (χ2v) is 4.43. The minimum Gasteiger partial charge on any atom is -0.349 e. The summed E-state index contributed by atoms with van der Waals surface area (Å²) in [5, 5.41) is 2.83. The monoisotopic (exact) mass is 305 g/mol. The van der Waals surface area contributed by atoms with E-state index in [1.54, 1.807) is 12.1 Å². The van der Waals surface area contributed by atoms with Crippen molar-refractivity contribution in [1.29, 1.82) is 0 Å². The molecule has 74 valence electrons. The lowest BCUT2D eigenvalue weighted by Gasteiger charge is -2.05. The van der Waals surface area contributed by atoms with Gasteiger partial charge < -0.3 is 5.32 Å². The summed E-state index contributed by atoms with van der Waals surface area (Å²) in [4.78, 5) is 11.6. The van der Waals surface area contributed by atoms with Crippen LogP contribution in [0.4, 0.5) is 4.39 Å². The summed E-state index contributed by atoms with van der Waals surface area (Å²) < 4.78 is 13.5. The van der Waals surface area contributed by atoms with Crippen molar-refractivity contribution in [2.24, 2.45) is 0 Å². The number of nitrogens with one attached hydrogen (secondary N) is 1. The van der Waals surface area contributed by atoms with Gasteiger partial charge in [0.25, 0.3) is 5.91 Å². The lowest BCUT2D eigenvalue weighted by atomic mass is 10.2. The highest BCUT2D eigenvalue weighted by atomic mass is 127. The lowest BCUT2D eigenvalue weighted by Crippen LogP contribution is -2.26. The van der Waals surface area contributed by atoms with Crippen LogP contribution in [0.2, 0.25) is 0 Å². The fourth-order valence-corrected chi connectivity index (χ4v) is 1.77. The standard InChI is InChI=1S/C10H9FINO/c11-8-3-1-2-7(9(8)12)10(14)13-6-4-5-6/h1-3,6H,4-5H2,(H,13,14). The highest BCUT2D eigenvalue weighted by molar-refractivity contribution is 14.1. The van der Waals surface area contributed by atoms with Crippen LogP contribution in [-0.4, -0.2) is 11.9 Å². The summed E-state index contributed by atoms with van der Waals surface area (Å²) in [6, 6.07) is 4.86. The zero-order valence-corrected chi connectivity index (χ0v) is 9.55. The van der Waals surface area contributed by atoms with Crippen LogP contribution in [0.3, 0.4) is 0 Å². The smallest absolute Gasteiger partial charge is 0.252 e. The molecule has 0 bridgehead atoms. The molecule has 1 fully saturated rings. The molecule has 1 saturated carbocycles. The first kappa shape index (κ1) is 9.89. The number of amides is 1. The molecule has 1 N–H and O–H groups in total. The second kappa shape index (κ2) is 3.84. The van der Waals surface area contributed by atoms with E-state index in [4.69, 9.17) is 0 Å². The summed E-state index contributed by atoms with van der Waals surface area (Å²) in [7, 11) is 0. The van der Waals surface area contributed by atoms with Gasteiger partial charge in [-0.15, -0.1) is 0 Å². The molecular formula is C10H9FINO. The molecule has 0 saturated heterocycles. The van der Waals surface area contributed by atoms with Crippen LogP contribution in [0.1, 0.15) is 23.2 Å². The van der Waals surface area contributed by atoms with E-state index in [9.17, 15) is 9.18 Å². The van der Waals surface area contributed by atoms with Gasteiger partial charge in [0.15, 0.2) is 0 Å². The van der Waals surface area contributed by atoms with Crippen molar-refractivity contribution < 1.29 is 9.18 Å². The fraction of sp³-hybridized carbons (Fsp3) is 0.300. The molecular weight excluding hydrogens is 296 g/mol. The number of rotatable bonds is 2. The number of carbonyl (C=O) groups excluding carboxylic acids is 1. The van der Waals surface area contributed by atoms with Gasteiger partial charge in [0, 0.05) is 6.04 Å². The van der Waals surface area contributed by atoms with Crippen molar-refractivity contribution in [3.63, 3.8) is 0 Å². The zero-order valence-electron chi connectivity index (χ0n) is 7.39. The van der Waals surface area contributed by atoms with Crippen LogP contribution < -0.4 is 5.32 Å². The minimum atomic E-state index is -0.339. The normalized spacial score (nSPS) is 15.3. The third-order valence-electron chi connectivity index (χ3n) is 2.11. The molecule has 2 nitrogen and oxygen atoms in total. The van der Waals surface area contributed by atoms with Gasteiger partial charge in [0.05, 0.1) is 9.13 Å². The highest BCUT2D eigenvalue weighted by Gasteiger charge is 2.24. The molecule has 0 spiro atoms. The van der Waals surface area contributed by atoms with Crippen molar-refractivity contribution in [2.45, 2.75) is 18.9 Å². The van der Waals surface area contributed by atoms with Crippen molar-refractivity contribution in [3.05, 3.63) is 33.1 Å². The summed E-state index contributed by atoms with van der Waals surface area (Å²) in [6.07, 6.45) is 2.08. The second-order valence-electron chi connectivity index (χ2n) is 3.35. The van der Waals surface area contributed by atoms with Gasteiger partial charge in [-0.25, -0.2) is 4.39 Å². The van der Waals surface area contributed by atoms with Crippen LogP contribution in [0.15, 0.2) is 18.2 Å². The van der Waals surface area contributed by atoms with Crippen LogP contribution in [0.5, 0.6) is 0 Å². The quantitative estimate of drug-likeness (QED) is 0.835. The summed E-state index contributed by atoms with van der Waals surface area (Å²) in [5.41, 5.74) is 0.428. The molecule has 1 amide bonds. The van der Waals surface area contributed by atoms with E-state index in [1.807, 2.05) is 22.6 Å². The first-order valence-corrected chi connectivity index (χ1v) is 5.51. The average Bonchev–Trinajstić information content (AvgIpc) is 2.93. The van der Waals surface area contributed by atoms with E-state index >= 15 is 0 Å². The first-order valence-electron chi connectivity index (χ1n) is 4.43. The molecule has 2 rings (SSSR count). The van der Waals surface area contributed by atoms with E-state index in [0.29, 0.717) is 15.2 Å². The summed E-state index contributed by atoms with van der Waals surface area (Å²) in [6.45, 7) is 0. The molecule has 0 unspecified atom stereocenters. The van der Waals surface area contributed by atoms with E-state index < -0.39 is 0 Å². The largest absolute Gasteiger partial charge is 0.349 e. The van der Waals surface area contributed by atoms with E-state index in [0.717, 1.165) is 12.8 Å². The van der Waals surface area contributed by atoms with Gasteiger partial charge in [-0.05, 0) is 47.6 Å². The van der Waals surface area contributed by atoms with Gasteiger partial charge in [-0.2, -0.15) is 0 Å². The Labute approximate surface area is 95.0 Å². The third-order valence-corrected chi connectivity index (χ3v) is 3.21. The molecule has 0 aliphatic heterocycles. The zero-order chi connectivity index (χ0) is 10.1. The lowest BCUT2D eigenvalue weighted by molar-refractivity contribution is 0.0949. The molecule has 14 heavy (non-hydrogen) atoms. The molecule has 0 aromatic heterocycles. The Bertz CT molecular complexity index is 376. The van der Waals surface area contributed by atoms with Crippen molar-refractivity contribution in [2.75, 3.05) is 0 Å². The van der Waals surface area contributed by atoms with Gasteiger partial charge in [-0.3, -0.25) is 4.79 Å². The maximum Gasteiger partial charge on any atom is 0.252 e. The van der Waals surface area contributed by atoms with Gasteiger partial charge >= 0.3 is 0 Å². The Hall–Kier alpha value is -0.650. The number of hydrogen-bond donors (Lipinski definition) is 1. The number of benzene rings is 1. The van der Waals surface area contributed by atoms with Crippen LogP contribution in [0.25, 0.3) is 0 Å². The first-order chi connectivity index (χ1) is 6.68. The molecule has 1 aromatic rings. The van der Waals surface area contributed by atoms with E-state index in [1.165, 1.54) is 6.07 Å². The Kier molecular flexibility index (Phi) is 2.71. The van der Waals surface area contributed by atoms with Gasteiger partial charge in [0.2, 0.25) is 0 Å². The van der Waals surface area contributed by atoms with Crippen molar-refractivity contribution >= 4 is 28.5 Å². The molecule has 1 aliphatic rings. The van der Waals surface area contributed by atoms with E-state index in [2.05, 4.69) is 5.32 Å². The minimum absolute atomic E-state index is 0.170. The summed E-state index contributed by atoms with van der Waals surface area (Å²) in [5.74, 6) is -0.509. The third kappa shape index (κ3) is 2.05. The predicted octanol–water partition coefficient (Wildman–Crippen LogP) is 2.32. The summed E-state index contributed by atoms with van der Waals surface area (Å²) >= 11 is 1.85. The Morgan fingerprint density at radius 1 is 1.50 bits per heavy atom. The van der Waals surface area contributed by atoms with Gasteiger partial charge in [0.1, 0.15) is 5.82 Å². The van der Waals surface area contributed by atoms with Crippen LogP contribution in [0, 0.1) is 9.39 Å². The number of hydrogen-bond acceptors (Lipinski definition) is 1. The molecule has 0 atom stereocenters. The maximum absolute atomic E-state index is 13.1. The molecule has 1 aromatic carbocycles. The predicted molar refractivity (Wildman–Crippen MR) is 59.6 cm³/mol.